The van der Waals surface area contributed by atoms with Gasteiger partial charge in [-0.2, -0.15) is 0 Å². The van der Waals surface area contributed by atoms with Crippen LogP contribution in [0.15, 0.2) is 30.3 Å². The van der Waals surface area contributed by atoms with E-state index in [1.165, 1.54) is 12.0 Å². The van der Waals surface area contributed by atoms with Crippen molar-refractivity contribution in [1.82, 2.24) is 4.57 Å². The summed E-state index contributed by atoms with van der Waals surface area (Å²) in [6.45, 7) is 8.58. The van der Waals surface area contributed by atoms with Crippen molar-refractivity contribution in [2.45, 2.75) is 26.8 Å². The molecule has 1 aliphatic rings. The maximum Gasteiger partial charge on any atom is 0.307 e. The normalized spacial score (nSPS) is 14.8. The molecule has 1 aliphatic heterocycles. The lowest BCUT2D eigenvalue weighted by Crippen LogP contribution is -3.15. The maximum absolute atomic E-state index is 12.9. The highest BCUT2D eigenvalue weighted by molar-refractivity contribution is 6.30. The van der Waals surface area contributed by atoms with E-state index in [4.69, 9.17) is 16.3 Å². The fourth-order valence-corrected chi connectivity index (χ4v) is 4.17. The molecule has 7 heteroatoms. The molecule has 1 aromatic carbocycles. The Labute approximate surface area is 177 Å². The van der Waals surface area contributed by atoms with Crippen LogP contribution in [0, 0.1) is 13.8 Å². The summed E-state index contributed by atoms with van der Waals surface area (Å²) in [4.78, 5) is 28.0. The van der Waals surface area contributed by atoms with Crippen molar-refractivity contribution in [1.29, 1.82) is 0 Å². The third-order valence-corrected chi connectivity index (χ3v) is 5.93. The summed E-state index contributed by atoms with van der Waals surface area (Å²) < 4.78 is 6.74. The monoisotopic (exact) mass is 418 g/mol. The van der Waals surface area contributed by atoms with Gasteiger partial charge in [-0.05, 0) is 38.1 Å². The molecule has 0 amide bonds. The summed E-state index contributed by atoms with van der Waals surface area (Å²) in [7, 11) is 1.39. The summed E-state index contributed by atoms with van der Waals surface area (Å²) in [5.41, 5.74) is 3.82. The van der Waals surface area contributed by atoms with Gasteiger partial charge in [0, 0.05) is 34.2 Å². The van der Waals surface area contributed by atoms with E-state index in [1.807, 2.05) is 42.7 Å². The first kappa shape index (κ1) is 21.4. The van der Waals surface area contributed by atoms with Gasteiger partial charge < -0.3 is 19.1 Å². The van der Waals surface area contributed by atoms with Gasteiger partial charge in [0.25, 0.3) is 0 Å². The molecule has 0 aliphatic carbocycles. The van der Waals surface area contributed by atoms with Crippen LogP contribution in [0.2, 0.25) is 5.02 Å². The molecule has 1 saturated heterocycles. The number of nitrogens with one attached hydrogen (secondary N) is 1. The average Bonchev–Trinajstić information content (AvgIpc) is 3.00. The Kier molecular flexibility index (Phi) is 6.98. The van der Waals surface area contributed by atoms with Crippen LogP contribution in [0.3, 0.4) is 0 Å². The molecule has 2 aromatic rings. The molecule has 156 valence electrons. The number of aromatic nitrogens is 1. The van der Waals surface area contributed by atoms with Gasteiger partial charge in [0.05, 0.1) is 39.7 Å². The predicted molar refractivity (Wildman–Crippen MR) is 114 cm³/mol. The van der Waals surface area contributed by atoms with Crippen molar-refractivity contribution in [3.63, 3.8) is 0 Å². The number of anilines is 1. The number of halogens is 1. The Balaban J connectivity index is 1.58. The number of hydrogen-bond acceptors (Lipinski definition) is 4. The maximum atomic E-state index is 12.9. The van der Waals surface area contributed by atoms with Crippen LogP contribution in [0.25, 0.3) is 0 Å². The second-order valence-electron chi connectivity index (χ2n) is 7.58. The van der Waals surface area contributed by atoms with Crippen LogP contribution in [0.4, 0.5) is 5.69 Å². The van der Waals surface area contributed by atoms with E-state index in [1.54, 1.807) is 0 Å². The number of Topliss-reactive ketones (excluding diaryl/α,β-unsaturated/α-hetero) is 1. The first-order valence-corrected chi connectivity index (χ1v) is 10.4. The number of ketones is 1. The van der Waals surface area contributed by atoms with Crippen molar-refractivity contribution in [3.8, 4) is 0 Å². The molecule has 3 rings (SSSR count). The van der Waals surface area contributed by atoms with Crippen molar-refractivity contribution in [2.24, 2.45) is 0 Å². The number of rotatable bonds is 7. The third kappa shape index (κ3) is 5.19. The molecule has 6 nitrogen and oxygen atoms in total. The lowest BCUT2D eigenvalue weighted by molar-refractivity contribution is -0.892. The number of hydrogen-bond donors (Lipinski definition) is 1. The molecule has 1 aromatic heterocycles. The molecule has 0 unspecified atom stereocenters. The molecule has 0 atom stereocenters. The zero-order chi connectivity index (χ0) is 21.0. The highest BCUT2D eigenvalue weighted by Crippen LogP contribution is 2.19. The number of esters is 1. The van der Waals surface area contributed by atoms with Crippen molar-refractivity contribution in [3.05, 3.63) is 52.3 Å². The SMILES string of the molecule is COC(=O)CCn1c(C)cc(C(=O)C[NH+]2CCN(c3cccc(Cl)c3)CC2)c1C. The highest BCUT2D eigenvalue weighted by atomic mass is 35.5. The fraction of sp³-hybridized carbons (Fsp3) is 0.455. The highest BCUT2D eigenvalue weighted by Gasteiger charge is 2.25. The number of ether oxygens (including phenoxy) is 1. The first-order valence-electron chi connectivity index (χ1n) is 10.00. The Morgan fingerprint density at radius 3 is 2.55 bits per heavy atom. The number of quaternary nitrogens is 1. The summed E-state index contributed by atoms with van der Waals surface area (Å²) >= 11 is 6.10. The zero-order valence-electron chi connectivity index (χ0n) is 17.3. The lowest BCUT2D eigenvalue weighted by atomic mass is 10.1. The minimum absolute atomic E-state index is 0.161. The van der Waals surface area contributed by atoms with E-state index in [2.05, 4.69) is 11.0 Å². The number of benzene rings is 1. The number of aryl methyl sites for hydroxylation is 1. The molecule has 29 heavy (non-hydrogen) atoms. The Morgan fingerprint density at radius 2 is 1.90 bits per heavy atom. The molecule has 0 radical (unpaired) electrons. The Hall–Kier alpha value is -2.31. The second-order valence-corrected chi connectivity index (χ2v) is 8.02. The number of methoxy groups -OCH3 is 1. The van der Waals surface area contributed by atoms with Crippen LogP contribution in [-0.4, -0.2) is 56.2 Å². The molecule has 0 spiro atoms. The van der Waals surface area contributed by atoms with Gasteiger partial charge in [0.1, 0.15) is 6.54 Å². The number of carbonyl (C=O) groups is 2. The van der Waals surface area contributed by atoms with Crippen LogP contribution in [0.1, 0.15) is 28.2 Å². The van der Waals surface area contributed by atoms with Gasteiger partial charge in [-0.25, -0.2) is 0 Å². The van der Waals surface area contributed by atoms with E-state index in [9.17, 15) is 9.59 Å². The van der Waals surface area contributed by atoms with Crippen LogP contribution >= 0.6 is 11.6 Å². The fourth-order valence-electron chi connectivity index (χ4n) is 3.99. The van der Waals surface area contributed by atoms with Gasteiger partial charge in [0.2, 0.25) is 5.78 Å². The standard InChI is InChI=1S/C22H28ClN3O3/c1-16-13-20(17(2)26(16)8-7-22(28)29-3)21(27)15-24-9-11-25(12-10-24)19-6-4-5-18(23)14-19/h4-6,13-14H,7-12,15H2,1-3H3/p+1. The smallest absolute Gasteiger partial charge is 0.307 e. The Morgan fingerprint density at radius 1 is 1.17 bits per heavy atom. The number of piperazine rings is 1. The van der Waals surface area contributed by atoms with Gasteiger partial charge in [-0.1, -0.05) is 17.7 Å². The van der Waals surface area contributed by atoms with E-state index < -0.39 is 0 Å². The molecular formula is C22H29ClN3O3+. The van der Waals surface area contributed by atoms with E-state index in [0.717, 1.165) is 53.8 Å². The van der Waals surface area contributed by atoms with E-state index in [0.29, 0.717) is 19.5 Å². The third-order valence-electron chi connectivity index (χ3n) is 5.70. The molecule has 2 heterocycles. The zero-order valence-corrected chi connectivity index (χ0v) is 18.1. The molecule has 1 N–H and O–H groups in total. The van der Waals surface area contributed by atoms with Gasteiger partial charge in [0.15, 0.2) is 0 Å². The first-order chi connectivity index (χ1) is 13.9. The molecule has 0 bridgehead atoms. The predicted octanol–water partition coefficient (Wildman–Crippen LogP) is 1.91. The lowest BCUT2D eigenvalue weighted by Gasteiger charge is -2.33. The second kappa shape index (κ2) is 9.46. The van der Waals surface area contributed by atoms with Gasteiger partial charge in [-0.3, -0.25) is 9.59 Å². The van der Waals surface area contributed by atoms with Crippen molar-refractivity contribution in [2.75, 3.05) is 44.7 Å². The quantitative estimate of drug-likeness (QED) is 0.551. The van der Waals surface area contributed by atoms with Crippen LogP contribution < -0.4 is 9.80 Å². The Bertz CT molecular complexity index is 885. The van der Waals surface area contributed by atoms with E-state index in [-0.39, 0.29) is 11.8 Å². The van der Waals surface area contributed by atoms with Crippen molar-refractivity contribution >= 4 is 29.0 Å². The van der Waals surface area contributed by atoms with Crippen molar-refractivity contribution < 1.29 is 19.2 Å². The summed E-state index contributed by atoms with van der Waals surface area (Å²) in [6, 6.07) is 9.85. The molecular weight excluding hydrogens is 390 g/mol. The van der Waals surface area contributed by atoms with Gasteiger partial charge in [-0.15, -0.1) is 0 Å². The average molecular weight is 419 g/mol. The minimum atomic E-state index is -0.243. The van der Waals surface area contributed by atoms with E-state index >= 15 is 0 Å². The van der Waals surface area contributed by atoms with Crippen LogP contribution in [-0.2, 0) is 16.1 Å². The van der Waals surface area contributed by atoms with Gasteiger partial charge >= 0.3 is 5.97 Å². The van der Waals surface area contributed by atoms with Crippen LogP contribution in [0.5, 0.6) is 0 Å². The number of carbonyl (C=O) groups excluding carboxylic acids is 2. The summed E-state index contributed by atoms with van der Waals surface area (Å²) in [5.74, 6) is -0.0824. The molecule has 0 saturated carbocycles. The molecule has 1 fully saturated rings. The topological polar surface area (TPSA) is 56.0 Å². The minimum Gasteiger partial charge on any atom is -0.469 e. The number of nitrogens with zero attached hydrogens (tertiary/aromatic N) is 2. The summed E-state index contributed by atoms with van der Waals surface area (Å²) in [5, 5.41) is 0.745. The largest absolute Gasteiger partial charge is 0.469 e. The summed E-state index contributed by atoms with van der Waals surface area (Å²) in [6.07, 6.45) is 0.303.